The second-order valence-corrected chi connectivity index (χ2v) is 7.30. The number of carbonyl (C=O) groups excluding carboxylic acids is 1. The Labute approximate surface area is 175 Å². The Morgan fingerprint density at radius 1 is 1.07 bits per heavy atom. The molecule has 0 fully saturated rings. The lowest BCUT2D eigenvalue weighted by Crippen LogP contribution is -2.28. The largest absolute Gasteiger partial charge is 0.497 e. The number of rotatable bonds is 5. The van der Waals surface area contributed by atoms with Crippen molar-refractivity contribution in [1.82, 2.24) is 14.6 Å². The highest BCUT2D eigenvalue weighted by molar-refractivity contribution is 5.96. The van der Waals surface area contributed by atoms with Gasteiger partial charge in [0.25, 0.3) is 0 Å². The molecule has 4 rings (SSSR count). The summed E-state index contributed by atoms with van der Waals surface area (Å²) in [7, 11) is 3.43. The van der Waals surface area contributed by atoms with Crippen molar-refractivity contribution in [1.29, 1.82) is 0 Å². The highest BCUT2D eigenvalue weighted by atomic mass is 16.5. The second-order valence-electron chi connectivity index (χ2n) is 7.30. The number of anilines is 1. The summed E-state index contributed by atoms with van der Waals surface area (Å²) in [5.74, 6) is 0.751. The third-order valence-corrected chi connectivity index (χ3v) is 5.20. The first kappa shape index (κ1) is 19.6. The summed E-state index contributed by atoms with van der Waals surface area (Å²) < 4.78 is 7.09. The monoisotopic (exact) mass is 400 g/mol. The maximum Gasteiger partial charge on any atom is 0.231 e. The van der Waals surface area contributed by atoms with Crippen LogP contribution in [0.2, 0.25) is 0 Å². The Hall–Kier alpha value is -3.67. The Kier molecular flexibility index (Phi) is 5.23. The topological polar surface area (TPSA) is 59.7 Å². The van der Waals surface area contributed by atoms with E-state index < -0.39 is 0 Å². The lowest BCUT2D eigenvalue weighted by molar-refractivity contribution is -0.117. The number of ether oxygens (including phenoxy) is 1. The minimum Gasteiger partial charge on any atom is -0.497 e. The quantitative estimate of drug-likeness (QED) is 0.503. The van der Waals surface area contributed by atoms with Gasteiger partial charge in [-0.15, -0.1) is 0 Å². The van der Waals surface area contributed by atoms with Crippen molar-refractivity contribution >= 4 is 17.2 Å². The summed E-state index contributed by atoms with van der Waals surface area (Å²) in [6.07, 6.45) is 0.201. The first-order chi connectivity index (χ1) is 14.5. The van der Waals surface area contributed by atoms with Gasteiger partial charge in [0, 0.05) is 35.2 Å². The van der Waals surface area contributed by atoms with Gasteiger partial charge >= 0.3 is 0 Å². The average molecular weight is 400 g/mol. The molecule has 0 spiro atoms. The highest BCUT2D eigenvalue weighted by Gasteiger charge is 2.22. The fraction of sp³-hybridized carbons (Fsp3) is 0.208. The molecule has 0 aliphatic heterocycles. The summed E-state index contributed by atoms with van der Waals surface area (Å²) in [6, 6.07) is 19.3. The number of benzene rings is 2. The molecule has 0 unspecified atom stereocenters. The van der Waals surface area contributed by atoms with Crippen LogP contribution < -0.4 is 9.64 Å². The molecule has 0 N–H and O–H groups in total. The number of nitrogens with zero attached hydrogens (tertiary/aromatic N) is 4. The molecule has 0 atom stereocenters. The van der Waals surface area contributed by atoms with Gasteiger partial charge in [-0.1, -0.05) is 18.2 Å². The van der Waals surface area contributed by atoms with Crippen LogP contribution in [0.25, 0.3) is 16.9 Å². The fourth-order valence-electron chi connectivity index (χ4n) is 3.57. The zero-order chi connectivity index (χ0) is 21.3. The van der Waals surface area contributed by atoms with Gasteiger partial charge in [0.2, 0.25) is 5.91 Å². The van der Waals surface area contributed by atoms with E-state index >= 15 is 0 Å². The zero-order valence-electron chi connectivity index (χ0n) is 17.6. The van der Waals surface area contributed by atoms with Crippen LogP contribution in [0.3, 0.4) is 0 Å². The SMILES string of the molecule is COc1ccc(-c2nn3c(C)cc(C)nc3c2CC(=O)N(C)c2ccccc2)cc1. The number of hydrogen-bond donors (Lipinski definition) is 0. The molecule has 1 amide bonds. The van der Waals surface area contributed by atoms with Gasteiger partial charge in [0.1, 0.15) is 5.75 Å². The van der Waals surface area contributed by atoms with E-state index in [9.17, 15) is 4.79 Å². The van der Waals surface area contributed by atoms with Crippen LogP contribution in [-0.4, -0.2) is 34.7 Å². The van der Waals surface area contributed by atoms with E-state index in [1.54, 1.807) is 19.1 Å². The Bertz CT molecular complexity index is 1200. The molecule has 0 aliphatic carbocycles. The third kappa shape index (κ3) is 3.64. The van der Waals surface area contributed by atoms with Crippen LogP contribution in [0.15, 0.2) is 60.7 Å². The molecule has 30 heavy (non-hydrogen) atoms. The molecule has 6 nitrogen and oxygen atoms in total. The molecule has 2 aromatic heterocycles. The van der Waals surface area contributed by atoms with Gasteiger partial charge in [-0.25, -0.2) is 9.50 Å². The van der Waals surface area contributed by atoms with Gasteiger partial charge in [-0.05, 0) is 56.3 Å². The second kappa shape index (κ2) is 7.99. The van der Waals surface area contributed by atoms with E-state index in [4.69, 9.17) is 14.8 Å². The van der Waals surface area contributed by atoms with Crippen molar-refractivity contribution in [3.63, 3.8) is 0 Å². The molecule has 2 heterocycles. The average Bonchev–Trinajstić information content (AvgIpc) is 3.12. The lowest BCUT2D eigenvalue weighted by Gasteiger charge is -2.17. The van der Waals surface area contributed by atoms with Crippen molar-refractivity contribution in [2.45, 2.75) is 20.3 Å². The maximum absolute atomic E-state index is 13.1. The minimum atomic E-state index is -0.0215. The van der Waals surface area contributed by atoms with Crippen LogP contribution >= 0.6 is 0 Å². The van der Waals surface area contributed by atoms with Crippen molar-refractivity contribution < 1.29 is 9.53 Å². The molecule has 0 radical (unpaired) electrons. The van der Waals surface area contributed by atoms with E-state index in [0.717, 1.165) is 39.6 Å². The zero-order valence-corrected chi connectivity index (χ0v) is 17.6. The molecule has 0 aliphatic rings. The number of aromatic nitrogens is 3. The summed E-state index contributed by atoms with van der Waals surface area (Å²) in [4.78, 5) is 19.5. The van der Waals surface area contributed by atoms with Gasteiger partial charge in [0.05, 0.1) is 19.2 Å². The summed E-state index contributed by atoms with van der Waals surface area (Å²) >= 11 is 0. The van der Waals surface area contributed by atoms with Crippen LogP contribution in [0, 0.1) is 13.8 Å². The van der Waals surface area contributed by atoms with Crippen LogP contribution in [0.1, 0.15) is 17.0 Å². The third-order valence-electron chi connectivity index (χ3n) is 5.20. The number of para-hydroxylation sites is 1. The molecule has 0 bridgehead atoms. The Balaban J connectivity index is 1.81. The fourth-order valence-corrected chi connectivity index (χ4v) is 3.57. The first-order valence-electron chi connectivity index (χ1n) is 9.80. The van der Waals surface area contributed by atoms with Crippen molar-refractivity contribution in [2.75, 3.05) is 19.1 Å². The molecule has 6 heteroatoms. The molecule has 152 valence electrons. The van der Waals surface area contributed by atoms with Gasteiger partial charge in [-0.2, -0.15) is 5.10 Å². The minimum absolute atomic E-state index is 0.0215. The predicted octanol–water partition coefficient (Wildman–Crippen LogP) is 4.23. The van der Waals surface area contributed by atoms with E-state index in [1.807, 2.05) is 79.0 Å². The lowest BCUT2D eigenvalue weighted by atomic mass is 10.0. The Morgan fingerprint density at radius 2 is 1.77 bits per heavy atom. The number of amides is 1. The molecule has 0 saturated carbocycles. The highest BCUT2D eigenvalue weighted by Crippen LogP contribution is 2.29. The summed E-state index contributed by atoms with van der Waals surface area (Å²) in [5, 5.41) is 4.81. The van der Waals surface area contributed by atoms with Crippen molar-refractivity contribution in [3.8, 4) is 17.0 Å². The van der Waals surface area contributed by atoms with Crippen LogP contribution in [0.5, 0.6) is 5.75 Å². The predicted molar refractivity (Wildman–Crippen MR) is 118 cm³/mol. The number of hydrogen-bond acceptors (Lipinski definition) is 4. The van der Waals surface area contributed by atoms with Gasteiger partial charge < -0.3 is 9.64 Å². The standard InChI is InChI=1S/C24H24N4O2/c1-16-14-17(2)28-24(25-16)21(15-22(29)27(3)19-8-6-5-7-9-19)23(26-28)18-10-12-20(30-4)13-11-18/h5-14H,15H2,1-4H3. The van der Waals surface area contributed by atoms with Crippen LogP contribution in [0.4, 0.5) is 5.69 Å². The van der Waals surface area contributed by atoms with Crippen molar-refractivity contribution in [3.05, 3.63) is 77.6 Å². The van der Waals surface area contributed by atoms with E-state index in [-0.39, 0.29) is 12.3 Å². The smallest absolute Gasteiger partial charge is 0.231 e. The van der Waals surface area contributed by atoms with Crippen LogP contribution in [-0.2, 0) is 11.2 Å². The van der Waals surface area contributed by atoms with E-state index in [1.165, 1.54) is 0 Å². The Morgan fingerprint density at radius 3 is 2.43 bits per heavy atom. The first-order valence-corrected chi connectivity index (χ1v) is 9.80. The van der Waals surface area contributed by atoms with E-state index in [2.05, 4.69) is 0 Å². The molecular weight excluding hydrogens is 376 g/mol. The summed E-state index contributed by atoms with van der Waals surface area (Å²) in [5.41, 5.74) is 5.93. The number of aryl methyl sites for hydroxylation is 2. The van der Waals surface area contributed by atoms with E-state index in [0.29, 0.717) is 5.65 Å². The number of likely N-dealkylation sites (N-methyl/N-ethyl adjacent to an activating group) is 1. The molecule has 0 saturated heterocycles. The van der Waals surface area contributed by atoms with Gasteiger partial charge in [0.15, 0.2) is 5.65 Å². The number of carbonyl (C=O) groups is 1. The van der Waals surface area contributed by atoms with Gasteiger partial charge in [-0.3, -0.25) is 4.79 Å². The summed E-state index contributed by atoms with van der Waals surface area (Å²) in [6.45, 7) is 3.95. The molecular formula is C24H24N4O2. The normalized spacial score (nSPS) is 10.9. The maximum atomic E-state index is 13.1. The molecule has 2 aromatic carbocycles. The number of methoxy groups -OCH3 is 1. The molecule has 4 aromatic rings. The van der Waals surface area contributed by atoms with Crippen molar-refractivity contribution in [2.24, 2.45) is 0 Å². The number of fused-ring (bicyclic) bond motifs is 1.